The van der Waals surface area contributed by atoms with Gasteiger partial charge in [-0.1, -0.05) is 116 Å². The molecule has 3 aliphatic carbocycles. The molecule has 1 unspecified atom stereocenters. The highest BCUT2D eigenvalue weighted by molar-refractivity contribution is 6.99. The fourth-order valence-electron chi connectivity index (χ4n) is 12.1. The Hall–Kier alpha value is -1.33. The normalized spacial score (nSPS) is 36.3. The Kier molecular flexibility index (Phi) is 10.0. The average molecular weight is 747 g/mol. The van der Waals surface area contributed by atoms with Gasteiger partial charge in [-0.3, -0.25) is 0 Å². The predicted molar refractivity (Wildman–Crippen MR) is 217 cm³/mol. The zero-order valence-corrected chi connectivity index (χ0v) is 36.5. The zero-order valence-electron chi connectivity index (χ0n) is 34.5. The Balaban J connectivity index is 1.22. The summed E-state index contributed by atoms with van der Waals surface area (Å²) < 4.78 is 35.0. The van der Waals surface area contributed by atoms with Crippen LogP contribution in [0.4, 0.5) is 0 Å². The lowest BCUT2D eigenvalue weighted by Gasteiger charge is -2.70. The number of rotatable bonds is 9. The monoisotopic (exact) mass is 746 g/mol. The molecule has 3 saturated carbocycles. The van der Waals surface area contributed by atoms with Crippen LogP contribution >= 0.6 is 0 Å². The summed E-state index contributed by atoms with van der Waals surface area (Å²) in [6.07, 6.45) is 9.50. The van der Waals surface area contributed by atoms with Gasteiger partial charge in [-0.2, -0.15) is 0 Å². The van der Waals surface area contributed by atoms with Gasteiger partial charge in [0.25, 0.3) is 8.32 Å². The summed E-state index contributed by atoms with van der Waals surface area (Å²) in [5.41, 5.74) is 0.221. The van der Waals surface area contributed by atoms with Crippen molar-refractivity contribution in [3.8, 4) is 0 Å². The van der Waals surface area contributed by atoms with Crippen molar-refractivity contribution in [3.05, 3.63) is 60.7 Å². The van der Waals surface area contributed by atoms with E-state index in [0.717, 1.165) is 64.8 Å². The van der Waals surface area contributed by atoms with E-state index in [1.807, 2.05) is 0 Å². The smallest absolute Gasteiger partial charge is 0.261 e. The minimum atomic E-state index is -2.68. The molecule has 7 rings (SSSR count). The molecule has 5 nitrogen and oxygen atoms in total. The van der Waals surface area contributed by atoms with Crippen molar-refractivity contribution in [3.63, 3.8) is 0 Å². The molecule has 2 spiro atoms. The first-order valence-electron chi connectivity index (χ1n) is 20.7. The summed E-state index contributed by atoms with van der Waals surface area (Å²) >= 11 is 0. The Morgan fingerprint density at radius 2 is 1.37 bits per heavy atom. The van der Waals surface area contributed by atoms with Crippen molar-refractivity contribution in [1.82, 2.24) is 0 Å². The lowest BCUT2D eigenvalue weighted by Crippen LogP contribution is -2.73. The maximum Gasteiger partial charge on any atom is 0.261 e. The molecule has 5 aliphatic rings. The van der Waals surface area contributed by atoms with E-state index >= 15 is 0 Å². The summed E-state index contributed by atoms with van der Waals surface area (Å²) in [5, 5.41) is 2.89. The topological polar surface area (TPSA) is 46.2 Å². The van der Waals surface area contributed by atoms with Crippen molar-refractivity contribution in [2.24, 2.45) is 28.1 Å². The van der Waals surface area contributed by atoms with Crippen LogP contribution in [0.3, 0.4) is 0 Å². The van der Waals surface area contributed by atoms with Crippen LogP contribution in [0.5, 0.6) is 0 Å². The molecule has 8 atom stereocenters. The number of fused-ring (bicyclic) bond motifs is 1. The number of hydrogen-bond acceptors (Lipinski definition) is 5. The van der Waals surface area contributed by atoms with Gasteiger partial charge in [-0.25, -0.2) is 0 Å². The highest BCUT2D eigenvalue weighted by Crippen LogP contribution is 2.76. The number of ether oxygens (including phenoxy) is 3. The summed E-state index contributed by atoms with van der Waals surface area (Å²) in [6.45, 7) is 28.9. The van der Waals surface area contributed by atoms with Crippen LogP contribution < -0.4 is 10.4 Å². The Labute approximate surface area is 318 Å². The van der Waals surface area contributed by atoms with E-state index < -0.39 is 22.4 Å². The van der Waals surface area contributed by atoms with Crippen LogP contribution in [-0.2, 0) is 23.1 Å². The van der Waals surface area contributed by atoms with E-state index in [0.29, 0.717) is 11.8 Å². The second-order valence-electron chi connectivity index (χ2n) is 20.4. The van der Waals surface area contributed by atoms with E-state index in [-0.39, 0.29) is 44.6 Å². The average Bonchev–Trinajstić information content (AvgIpc) is 3.69. The van der Waals surface area contributed by atoms with Gasteiger partial charge in [0.15, 0.2) is 14.1 Å². The third kappa shape index (κ3) is 5.75. The van der Waals surface area contributed by atoms with Crippen LogP contribution in [0.1, 0.15) is 114 Å². The van der Waals surface area contributed by atoms with Gasteiger partial charge in [-0.05, 0) is 103 Å². The molecule has 2 saturated heterocycles. The molecule has 2 aromatic carbocycles. The van der Waals surface area contributed by atoms with Crippen molar-refractivity contribution in [2.75, 3.05) is 19.8 Å². The standard InChI is InChI=1S/C45H70O5Si2/c1-33-44-27-28-45(46-30-31-47-45)43(44,9)26-23-38(39(44)49-33)42(8)25-22-35(32-34(42)24-29-48-51(10,11)40(2,3)4)50-52(41(5,6)7,36-18-14-12-15-19-36)37-20-16-13-17-21-37/h12-21,33-35,38-39H,22-32H2,1-11H3/t33?,34-,35-,38-,39+,42-,43-,44+/m0/s1. The minimum absolute atomic E-state index is 0.0176. The van der Waals surface area contributed by atoms with Crippen LogP contribution in [0, 0.1) is 28.1 Å². The first-order chi connectivity index (χ1) is 24.4. The number of benzene rings is 2. The molecule has 2 aromatic rings. The quantitative estimate of drug-likeness (QED) is 0.239. The first-order valence-corrected chi connectivity index (χ1v) is 25.5. The maximum absolute atomic E-state index is 7.90. The fraction of sp³-hybridized carbons (Fsp3) is 0.733. The molecular formula is C45H70O5Si2. The summed E-state index contributed by atoms with van der Waals surface area (Å²) in [4.78, 5) is 0. The first kappa shape index (κ1) is 38.9. The van der Waals surface area contributed by atoms with Gasteiger partial charge >= 0.3 is 0 Å². The largest absolute Gasteiger partial charge is 0.417 e. The second-order valence-corrected chi connectivity index (χ2v) is 29.5. The molecule has 0 bridgehead atoms. The van der Waals surface area contributed by atoms with Crippen molar-refractivity contribution >= 4 is 27.0 Å². The van der Waals surface area contributed by atoms with Crippen molar-refractivity contribution in [1.29, 1.82) is 0 Å². The lowest BCUT2D eigenvalue weighted by molar-refractivity contribution is -0.368. The van der Waals surface area contributed by atoms with Crippen LogP contribution in [0.15, 0.2) is 60.7 Å². The van der Waals surface area contributed by atoms with Gasteiger partial charge in [0.1, 0.15) is 0 Å². The second kappa shape index (κ2) is 13.4. The molecular weight excluding hydrogens is 677 g/mol. The summed E-state index contributed by atoms with van der Waals surface area (Å²) in [5.74, 6) is 0.543. The number of hydrogen-bond donors (Lipinski definition) is 0. The molecule has 288 valence electrons. The third-order valence-corrected chi connectivity index (χ3v) is 25.9. The van der Waals surface area contributed by atoms with Gasteiger partial charge in [0.05, 0.1) is 25.4 Å². The molecule has 0 N–H and O–H groups in total. The van der Waals surface area contributed by atoms with E-state index in [2.05, 4.69) is 136 Å². The molecule has 7 heteroatoms. The Morgan fingerprint density at radius 3 is 1.90 bits per heavy atom. The fourth-order valence-corrected chi connectivity index (χ4v) is 17.9. The molecule has 2 heterocycles. The molecule has 0 amide bonds. The molecule has 5 fully saturated rings. The van der Waals surface area contributed by atoms with E-state index in [4.69, 9.17) is 23.1 Å². The highest BCUT2D eigenvalue weighted by Gasteiger charge is 2.79. The van der Waals surface area contributed by atoms with Crippen molar-refractivity contribution < 1.29 is 23.1 Å². The Bertz CT molecular complexity index is 1510. The summed E-state index contributed by atoms with van der Waals surface area (Å²) in [6, 6.07) is 22.4. The highest BCUT2D eigenvalue weighted by atomic mass is 28.4. The van der Waals surface area contributed by atoms with E-state index in [9.17, 15) is 0 Å². The summed E-state index contributed by atoms with van der Waals surface area (Å²) in [7, 11) is -4.57. The van der Waals surface area contributed by atoms with Crippen LogP contribution in [-0.4, -0.2) is 60.6 Å². The molecule has 0 aromatic heterocycles. The van der Waals surface area contributed by atoms with Crippen LogP contribution in [0.25, 0.3) is 0 Å². The predicted octanol–water partition coefficient (Wildman–Crippen LogP) is 9.88. The van der Waals surface area contributed by atoms with Crippen molar-refractivity contribution in [2.45, 2.75) is 161 Å². The van der Waals surface area contributed by atoms with Gasteiger partial charge in [0.2, 0.25) is 0 Å². The van der Waals surface area contributed by atoms with Gasteiger partial charge < -0.3 is 23.1 Å². The van der Waals surface area contributed by atoms with Gasteiger partial charge in [-0.15, -0.1) is 0 Å². The lowest BCUT2D eigenvalue weighted by atomic mass is 9.43. The van der Waals surface area contributed by atoms with E-state index in [1.54, 1.807) is 0 Å². The minimum Gasteiger partial charge on any atom is -0.417 e. The van der Waals surface area contributed by atoms with E-state index in [1.165, 1.54) is 16.8 Å². The SMILES string of the molecule is CC1O[C@@H]2[C@@H]([C@@]3(C)CC[C@H](O[Si](c4ccccc4)(c4ccccc4)C(C)(C)C)C[C@@H]3CCO[Si](C)(C)C(C)(C)C)CC[C@]3(C)C4(CC[C@@]123)OCCO4. The molecule has 2 aliphatic heterocycles. The van der Waals surface area contributed by atoms with Crippen LogP contribution in [0.2, 0.25) is 23.2 Å². The molecule has 0 radical (unpaired) electrons. The third-order valence-electron chi connectivity index (χ3n) is 16.2. The molecule has 52 heavy (non-hydrogen) atoms. The zero-order chi connectivity index (χ0) is 37.4. The maximum atomic E-state index is 7.90. The van der Waals surface area contributed by atoms with Gasteiger partial charge in [0, 0.05) is 30.0 Å². The Morgan fingerprint density at radius 1 is 0.769 bits per heavy atom.